The van der Waals surface area contributed by atoms with E-state index in [-0.39, 0.29) is 6.04 Å². The van der Waals surface area contributed by atoms with Gasteiger partial charge in [-0.1, -0.05) is 12.1 Å². The van der Waals surface area contributed by atoms with Crippen molar-refractivity contribution in [1.82, 2.24) is 9.62 Å². The van der Waals surface area contributed by atoms with Crippen LogP contribution in [0, 0.1) is 6.92 Å². The lowest BCUT2D eigenvalue weighted by Gasteiger charge is -2.28. The molecule has 1 aromatic heterocycles. The monoisotopic (exact) mass is 405 g/mol. The third-order valence-electron chi connectivity index (χ3n) is 5.64. The fourth-order valence-electron chi connectivity index (χ4n) is 4.12. The van der Waals surface area contributed by atoms with E-state index in [2.05, 4.69) is 39.8 Å². The maximum atomic E-state index is 12.7. The van der Waals surface area contributed by atoms with Crippen LogP contribution in [-0.2, 0) is 16.4 Å². The van der Waals surface area contributed by atoms with Crippen LogP contribution in [-0.4, -0.2) is 46.5 Å². The minimum absolute atomic E-state index is 0.0829. The molecule has 4 rings (SSSR count). The average Bonchev–Trinajstić information content (AvgIpc) is 3.38. The summed E-state index contributed by atoms with van der Waals surface area (Å²) in [5.41, 5.74) is 3.89. The molecule has 1 N–H and O–H groups in total. The van der Waals surface area contributed by atoms with E-state index in [4.69, 9.17) is 0 Å². The molecule has 0 radical (unpaired) electrons. The third kappa shape index (κ3) is 3.92. The summed E-state index contributed by atoms with van der Waals surface area (Å²) >= 11 is 1.32. The normalized spacial score (nSPS) is 18.8. The van der Waals surface area contributed by atoms with Gasteiger partial charge in [0, 0.05) is 36.7 Å². The molecule has 1 saturated heterocycles. The van der Waals surface area contributed by atoms with Crippen LogP contribution in [0.4, 0.5) is 5.69 Å². The molecule has 3 heterocycles. The lowest BCUT2D eigenvalue weighted by Crippen LogP contribution is -2.36. The Morgan fingerprint density at radius 3 is 2.63 bits per heavy atom. The number of hydrogen-bond acceptors (Lipinski definition) is 5. The zero-order chi connectivity index (χ0) is 19.0. The van der Waals surface area contributed by atoms with Gasteiger partial charge in [-0.15, -0.1) is 11.3 Å². The van der Waals surface area contributed by atoms with E-state index in [1.807, 2.05) is 13.0 Å². The lowest BCUT2D eigenvalue weighted by molar-refractivity contribution is 0.246. The van der Waals surface area contributed by atoms with Gasteiger partial charge in [-0.3, -0.25) is 4.90 Å². The number of sulfonamides is 1. The number of fused-ring (bicyclic) bond motifs is 1. The van der Waals surface area contributed by atoms with Gasteiger partial charge >= 0.3 is 0 Å². The molecular formula is C20H27N3O2S2. The quantitative estimate of drug-likeness (QED) is 0.802. The predicted octanol–water partition coefficient (Wildman–Crippen LogP) is 3.16. The summed E-state index contributed by atoms with van der Waals surface area (Å²) in [5.74, 6) is 0. The molecule has 27 heavy (non-hydrogen) atoms. The fourth-order valence-corrected chi connectivity index (χ4v) is 6.49. The molecule has 2 aliphatic heterocycles. The number of thiophene rings is 1. The van der Waals surface area contributed by atoms with E-state index in [1.165, 1.54) is 41.0 Å². The van der Waals surface area contributed by atoms with E-state index < -0.39 is 10.0 Å². The molecule has 1 aromatic carbocycles. The van der Waals surface area contributed by atoms with E-state index in [0.29, 0.717) is 10.8 Å². The van der Waals surface area contributed by atoms with Gasteiger partial charge in [-0.2, -0.15) is 0 Å². The number of benzene rings is 1. The maximum absolute atomic E-state index is 12.7. The first-order chi connectivity index (χ1) is 12.9. The Kier molecular flexibility index (Phi) is 5.29. The summed E-state index contributed by atoms with van der Waals surface area (Å²) in [6, 6.07) is 10.3. The number of nitrogens with zero attached hydrogens (tertiary/aromatic N) is 2. The molecule has 1 fully saturated rings. The van der Waals surface area contributed by atoms with Crippen molar-refractivity contribution >= 4 is 27.0 Å². The molecule has 5 nitrogen and oxygen atoms in total. The topological polar surface area (TPSA) is 52.7 Å². The van der Waals surface area contributed by atoms with Crippen LogP contribution in [0.25, 0.3) is 0 Å². The van der Waals surface area contributed by atoms with E-state index in [9.17, 15) is 8.42 Å². The fraction of sp³-hybridized carbons (Fsp3) is 0.500. The van der Waals surface area contributed by atoms with Gasteiger partial charge in [0.1, 0.15) is 4.21 Å². The van der Waals surface area contributed by atoms with E-state index in [1.54, 1.807) is 6.07 Å². The van der Waals surface area contributed by atoms with E-state index >= 15 is 0 Å². The Morgan fingerprint density at radius 1 is 1.15 bits per heavy atom. The summed E-state index contributed by atoms with van der Waals surface area (Å²) in [6.45, 7) is 5.45. The molecule has 146 valence electrons. The van der Waals surface area contributed by atoms with E-state index in [0.717, 1.165) is 30.9 Å². The summed E-state index contributed by atoms with van der Waals surface area (Å²) in [7, 11) is -1.33. The Labute approximate surface area is 166 Å². The number of likely N-dealkylation sites (N-methyl/N-ethyl adjacent to an activating group) is 1. The Morgan fingerprint density at radius 2 is 1.93 bits per heavy atom. The minimum atomic E-state index is -3.46. The van der Waals surface area contributed by atoms with Crippen LogP contribution in [0.15, 0.2) is 34.5 Å². The minimum Gasteiger partial charge on any atom is -0.374 e. The zero-order valence-electron chi connectivity index (χ0n) is 15.9. The Balaban J connectivity index is 1.57. The van der Waals surface area contributed by atoms with Crippen molar-refractivity contribution in [3.8, 4) is 0 Å². The van der Waals surface area contributed by atoms with Crippen LogP contribution >= 0.6 is 11.3 Å². The number of likely N-dealkylation sites (tertiary alicyclic amines) is 1. The van der Waals surface area contributed by atoms with Crippen LogP contribution in [0.3, 0.4) is 0 Å². The van der Waals surface area contributed by atoms with Crippen molar-refractivity contribution < 1.29 is 8.42 Å². The lowest BCUT2D eigenvalue weighted by atomic mass is 10.0. The molecule has 2 aromatic rings. The van der Waals surface area contributed by atoms with Crippen LogP contribution in [0.5, 0.6) is 0 Å². The summed E-state index contributed by atoms with van der Waals surface area (Å²) < 4.78 is 28.7. The number of anilines is 1. The SMILES string of the molecule is Cc1ccc(S(=O)(=O)NCC(c2ccc3c(c2)CCN3C)N2CCCC2)s1. The standard InChI is InChI=1S/C20H27N3O2S2/c1-15-5-8-20(26-15)27(24,25)21-14-19(23-10-3-4-11-23)16-6-7-18-17(13-16)9-12-22(18)2/h5-8,13,19,21H,3-4,9-12,14H2,1-2H3. The molecule has 0 bridgehead atoms. The summed E-state index contributed by atoms with van der Waals surface area (Å²) in [4.78, 5) is 5.71. The van der Waals surface area contributed by atoms with Crippen molar-refractivity contribution in [1.29, 1.82) is 0 Å². The van der Waals surface area contributed by atoms with Crippen molar-refractivity contribution in [2.75, 3.05) is 38.1 Å². The number of hydrogen-bond donors (Lipinski definition) is 1. The van der Waals surface area contributed by atoms with Gasteiger partial charge in [0.15, 0.2) is 0 Å². The van der Waals surface area contributed by atoms with Crippen molar-refractivity contribution in [2.45, 2.75) is 36.4 Å². The van der Waals surface area contributed by atoms with Crippen molar-refractivity contribution in [2.24, 2.45) is 0 Å². The second-order valence-corrected chi connectivity index (χ2v) is 10.8. The van der Waals surface area contributed by atoms with Gasteiger partial charge < -0.3 is 4.90 Å². The van der Waals surface area contributed by atoms with Crippen molar-refractivity contribution in [3.05, 3.63) is 46.3 Å². The number of aryl methyl sites for hydroxylation is 1. The first kappa shape index (κ1) is 18.9. The molecule has 2 aliphatic rings. The molecule has 7 heteroatoms. The third-order valence-corrected chi connectivity index (χ3v) is 8.56. The zero-order valence-corrected chi connectivity index (χ0v) is 17.6. The molecule has 0 aliphatic carbocycles. The smallest absolute Gasteiger partial charge is 0.250 e. The van der Waals surface area contributed by atoms with Crippen LogP contribution in [0.2, 0.25) is 0 Å². The Hall–Kier alpha value is -1.41. The van der Waals surface area contributed by atoms with Gasteiger partial charge in [0.05, 0.1) is 0 Å². The molecular weight excluding hydrogens is 378 g/mol. The number of rotatable bonds is 6. The highest BCUT2D eigenvalue weighted by Crippen LogP contribution is 2.32. The second-order valence-electron chi connectivity index (χ2n) is 7.54. The molecule has 0 amide bonds. The first-order valence-corrected chi connectivity index (χ1v) is 11.9. The molecule has 1 atom stereocenters. The van der Waals surface area contributed by atoms with Gasteiger partial charge in [0.2, 0.25) is 10.0 Å². The van der Waals surface area contributed by atoms with Crippen molar-refractivity contribution in [3.63, 3.8) is 0 Å². The van der Waals surface area contributed by atoms with Crippen LogP contribution in [0.1, 0.15) is 34.9 Å². The highest BCUT2D eigenvalue weighted by atomic mass is 32.2. The van der Waals surface area contributed by atoms with Gasteiger partial charge in [-0.25, -0.2) is 13.1 Å². The highest BCUT2D eigenvalue weighted by Gasteiger charge is 2.27. The average molecular weight is 406 g/mol. The summed E-state index contributed by atoms with van der Waals surface area (Å²) in [5, 5.41) is 0. The first-order valence-electron chi connectivity index (χ1n) is 9.58. The molecule has 1 unspecified atom stereocenters. The largest absolute Gasteiger partial charge is 0.374 e. The Bertz CT molecular complexity index is 917. The van der Waals surface area contributed by atoms with Crippen LogP contribution < -0.4 is 9.62 Å². The number of nitrogens with one attached hydrogen (secondary N) is 1. The maximum Gasteiger partial charge on any atom is 0.250 e. The summed E-state index contributed by atoms with van der Waals surface area (Å²) in [6.07, 6.45) is 3.43. The van der Waals surface area contributed by atoms with Gasteiger partial charge in [0.25, 0.3) is 0 Å². The van der Waals surface area contributed by atoms with Gasteiger partial charge in [-0.05, 0) is 68.6 Å². The highest BCUT2D eigenvalue weighted by molar-refractivity contribution is 7.91. The second kappa shape index (κ2) is 7.54. The predicted molar refractivity (Wildman–Crippen MR) is 111 cm³/mol. The molecule has 0 saturated carbocycles. The molecule has 0 spiro atoms.